The molecule has 0 aromatic heterocycles. The first-order valence-corrected chi connectivity index (χ1v) is 13.3. The molecule has 2 aromatic carbocycles. The van der Waals surface area contributed by atoms with Crippen molar-refractivity contribution in [2.75, 3.05) is 13.2 Å². The zero-order valence-corrected chi connectivity index (χ0v) is 21.4. The molecule has 1 saturated heterocycles. The number of nitrogens with zero attached hydrogens (tertiary/aromatic N) is 1. The quantitative estimate of drug-likeness (QED) is 0.540. The molecule has 202 valence electrons. The number of alkyl halides is 3. The molecule has 1 heterocycles. The molecule has 36 heavy (non-hydrogen) atoms. The smallest absolute Gasteiger partial charge is 0.338 e. The third kappa shape index (κ3) is 11.9. The number of amides is 1. The van der Waals surface area contributed by atoms with E-state index in [0.29, 0.717) is 13.0 Å². The van der Waals surface area contributed by atoms with Crippen molar-refractivity contribution in [3.8, 4) is 0 Å². The van der Waals surface area contributed by atoms with E-state index in [-0.39, 0.29) is 15.7 Å². The Kier molecular flexibility index (Phi) is 11.5. The second-order valence-corrected chi connectivity index (χ2v) is 10.7. The van der Waals surface area contributed by atoms with Gasteiger partial charge in [-0.05, 0) is 51.0 Å². The lowest BCUT2D eigenvalue weighted by molar-refractivity contribution is -0.327. The summed E-state index contributed by atoms with van der Waals surface area (Å²) in [6, 6.07) is 11.6. The number of ether oxygens (including phenoxy) is 1. The van der Waals surface area contributed by atoms with Crippen molar-refractivity contribution >= 4 is 26.1 Å². The van der Waals surface area contributed by atoms with Crippen LogP contribution in [0.15, 0.2) is 58.3 Å². The van der Waals surface area contributed by atoms with Gasteiger partial charge in [-0.15, -0.1) is 13.2 Å². The molecular formula is C22H28F3NO8S2. The van der Waals surface area contributed by atoms with Gasteiger partial charge in [-0.3, -0.25) is 18.6 Å². The van der Waals surface area contributed by atoms with Gasteiger partial charge in [0.05, 0.1) is 22.4 Å². The number of carbonyl (C=O) groups excluding carboxylic acids is 1. The molecule has 9 nitrogen and oxygen atoms in total. The molecule has 1 atom stereocenters. The first-order valence-electron chi connectivity index (χ1n) is 10.5. The van der Waals surface area contributed by atoms with Gasteiger partial charge in [0.25, 0.3) is 20.2 Å². The van der Waals surface area contributed by atoms with Gasteiger partial charge in [0.1, 0.15) is 0 Å². The van der Waals surface area contributed by atoms with E-state index in [4.69, 9.17) is 9.11 Å². The number of likely N-dealkylation sites (tertiary alicyclic amines) is 1. The van der Waals surface area contributed by atoms with Gasteiger partial charge in [-0.25, -0.2) is 0 Å². The van der Waals surface area contributed by atoms with Gasteiger partial charge in [0, 0.05) is 13.5 Å². The number of halogens is 3. The summed E-state index contributed by atoms with van der Waals surface area (Å²) in [5.41, 5.74) is 1.91. The Balaban J connectivity index is 0.000000273. The van der Waals surface area contributed by atoms with Gasteiger partial charge in [0.15, 0.2) is 0 Å². The molecule has 1 aliphatic heterocycles. The van der Waals surface area contributed by atoms with E-state index in [1.807, 2.05) is 13.8 Å². The molecular weight excluding hydrogens is 527 g/mol. The maximum absolute atomic E-state index is 11.7. The van der Waals surface area contributed by atoms with Crippen molar-refractivity contribution in [3.05, 3.63) is 59.7 Å². The summed E-state index contributed by atoms with van der Waals surface area (Å²) in [6.45, 7) is 5.11. The van der Waals surface area contributed by atoms with E-state index in [9.17, 15) is 34.8 Å². The Morgan fingerprint density at radius 1 is 0.917 bits per heavy atom. The Morgan fingerprint density at radius 3 is 1.61 bits per heavy atom. The maximum Gasteiger partial charge on any atom is 0.522 e. The Labute approximate surface area is 208 Å². The van der Waals surface area contributed by atoms with Crippen molar-refractivity contribution < 1.29 is 48.6 Å². The van der Waals surface area contributed by atoms with Gasteiger partial charge >= 0.3 is 6.36 Å². The van der Waals surface area contributed by atoms with Crippen molar-refractivity contribution in [3.63, 3.8) is 0 Å². The molecule has 0 saturated carbocycles. The highest BCUT2D eigenvalue weighted by Gasteiger charge is 2.34. The highest BCUT2D eigenvalue weighted by atomic mass is 32.2. The van der Waals surface area contributed by atoms with Crippen molar-refractivity contribution in [2.45, 2.75) is 55.8 Å². The monoisotopic (exact) mass is 555 g/mol. The Hall–Kier alpha value is -2.52. The summed E-state index contributed by atoms with van der Waals surface area (Å²) in [6.07, 6.45) is -3.29. The summed E-state index contributed by atoms with van der Waals surface area (Å²) in [7, 11) is -8.04. The van der Waals surface area contributed by atoms with E-state index < -0.39 is 39.2 Å². The molecule has 1 aliphatic rings. The molecule has 0 spiro atoms. The maximum atomic E-state index is 11.7. The summed E-state index contributed by atoms with van der Waals surface area (Å²) < 4.78 is 97.9. The average molecular weight is 556 g/mol. The number of carbonyl (C=O) groups is 1. The predicted octanol–water partition coefficient (Wildman–Crippen LogP) is 4.02. The van der Waals surface area contributed by atoms with Crippen LogP contribution in [0.2, 0.25) is 0 Å². The lowest BCUT2D eigenvalue weighted by atomic mass is 10.2. The van der Waals surface area contributed by atoms with Gasteiger partial charge in [0.2, 0.25) is 5.91 Å². The molecule has 2 N–H and O–H groups in total. The summed E-state index contributed by atoms with van der Waals surface area (Å²) in [5.74, 6) is -0.196. The SMILES string of the molecule is CC(=O)N1CCC[C@H]1COC(F)(F)F.Cc1ccc(S(=O)(=O)O)cc1.Cc1ccc(S(=O)(=O)O)cc1. The van der Waals surface area contributed by atoms with E-state index in [2.05, 4.69) is 4.74 Å². The standard InChI is InChI=1S/C8H12F3NO2.2C7H8O3S/c1-6(13)12-4-2-3-7(12)5-14-8(9,10)11;2*1-6-2-4-7(5-3-6)11(8,9)10/h7H,2-5H2,1H3;2*2-5H,1H3,(H,8,9,10)/t7-;;/m0../s1. The Morgan fingerprint density at radius 2 is 1.31 bits per heavy atom. The van der Waals surface area contributed by atoms with Crippen LogP contribution in [0.4, 0.5) is 13.2 Å². The minimum Gasteiger partial charge on any atom is -0.338 e. The fourth-order valence-electron chi connectivity index (χ4n) is 3.03. The minimum absolute atomic E-state index is 0.0666. The molecule has 14 heteroatoms. The number of benzene rings is 2. The fraction of sp³-hybridized carbons (Fsp3) is 0.409. The Bertz CT molecular complexity index is 1120. The van der Waals surface area contributed by atoms with E-state index in [0.717, 1.165) is 17.5 Å². The first kappa shape index (κ1) is 31.5. The summed E-state index contributed by atoms with van der Waals surface area (Å²) in [5, 5.41) is 0. The van der Waals surface area contributed by atoms with Gasteiger partial charge in [-0.1, -0.05) is 35.4 Å². The van der Waals surface area contributed by atoms with Crippen LogP contribution >= 0.6 is 0 Å². The van der Waals surface area contributed by atoms with Crippen LogP contribution in [0.1, 0.15) is 30.9 Å². The zero-order chi connectivity index (χ0) is 27.7. The number of rotatable bonds is 4. The molecule has 0 bridgehead atoms. The normalized spacial score (nSPS) is 15.9. The predicted molar refractivity (Wildman–Crippen MR) is 124 cm³/mol. The molecule has 0 aliphatic carbocycles. The number of aryl methyl sites for hydroxylation is 2. The highest BCUT2D eigenvalue weighted by Crippen LogP contribution is 2.22. The van der Waals surface area contributed by atoms with Crippen LogP contribution in [-0.4, -0.2) is 62.3 Å². The lowest BCUT2D eigenvalue weighted by Gasteiger charge is -2.23. The first-order chi connectivity index (χ1) is 16.4. The second kappa shape index (κ2) is 13.1. The molecule has 2 aromatic rings. The average Bonchev–Trinajstić information content (AvgIpc) is 3.21. The zero-order valence-electron chi connectivity index (χ0n) is 19.8. The summed E-state index contributed by atoms with van der Waals surface area (Å²) >= 11 is 0. The second-order valence-electron chi connectivity index (χ2n) is 7.84. The lowest BCUT2D eigenvalue weighted by Crippen LogP contribution is -2.38. The minimum atomic E-state index is -4.61. The third-order valence-electron chi connectivity index (χ3n) is 4.86. The van der Waals surface area contributed by atoms with Crippen LogP contribution in [0.5, 0.6) is 0 Å². The van der Waals surface area contributed by atoms with Crippen molar-refractivity contribution in [1.82, 2.24) is 4.90 Å². The third-order valence-corrected chi connectivity index (χ3v) is 6.59. The van der Waals surface area contributed by atoms with Crippen LogP contribution < -0.4 is 0 Å². The van der Waals surface area contributed by atoms with E-state index >= 15 is 0 Å². The molecule has 1 fully saturated rings. The van der Waals surface area contributed by atoms with Crippen LogP contribution in [0.25, 0.3) is 0 Å². The largest absolute Gasteiger partial charge is 0.522 e. The van der Waals surface area contributed by atoms with Crippen LogP contribution in [0, 0.1) is 13.8 Å². The highest BCUT2D eigenvalue weighted by molar-refractivity contribution is 7.86. The molecule has 3 rings (SSSR count). The molecule has 1 amide bonds. The van der Waals surface area contributed by atoms with Gasteiger partial charge < -0.3 is 4.90 Å². The van der Waals surface area contributed by atoms with Crippen molar-refractivity contribution in [1.29, 1.82) is 0 Å². The summed E-state index contributed by atoms with van der Waals surface area (Å²) in [4.78, 5) is 12.3. The van der Waals surface area contributed by atoms with E-state index in [1.165, 1.54) is 36.1 Å². The fourth-order valence-corrected chi connectivity index (χ4v) is 3.99. The molecule has 0 unspecified atom stereocenters. The number of hydrogen-bond donors (Lipinski definition) is 2. The van der Waals surface area contributed by atoms with Crippen molar-refractivity contribution in [2.24, 2.45) is 0 Å². The topological polar surface area (TPSA) is 138 Å². The molecule has 0 radical (unpaired) electrons. The van der Waals surface area contributed by atoms with Crippen LogP contribution in [0.3, 0.4) is 0 Å². The number of hydrogen-bond acceptors (Lipinski definition) is 6. The van der Waals surface area contributed by atoms with E-state index in [1.54, 1.807) is 24.3 Å². The van der Waals surface area contributed by atoms with Gasteiger partial charge in [-0.2, -0.15) is 16.8 Å². The van der Waals surface area contributed by atoms with Crippen LogP contribution in [-0.2, 0) is 29.8 Å².